The van der Waals surface area contributed by atoms with Gasteiger partial charge in [-0.15, -0.1) is 11.3 Å². The van der Waals surface area contributed by atoms with Crippen molar-refractivity contribution >= 4 is 22.4 Å². The van der Waals surface area contributed by atoms with Gasteiger partial charge in [-0.1, -0.05) is 0 Å². The molecule has 3 aromatic rings. The summed E-state index contributed by atoms with van der Waals surface area (Å²) in [6.07, 6.45) is 1.29. The quantitative estimate of drug-likeness (QED) is 0.720. The van der Waals surface area contributed by atoms with Gasteiger partial charge >= 0.3 is 0 Å². The van der Waals surface area contributed by atoms with E-state index >= 15 is 0 Å². The third-order valence-corrected chi connectivity index (χ3v) is 5.44. The van der Waals surface area contributed by atoms with Crippen molar-refractivity contribution in [1.29, 1.82) is 0 Å². The van der Waals surface area contributed by atoms with E-state index in [1.807, 2.05) is 49.0 Å². The molecule has 7 heteroatoms. The lowest BCUT2D eigenvalue weighted by molar-refractivity contribution is -0.116. The summed E-state index contributed by atoms with van der Waals surface area (Å²) in [6.45, 7) is 6.70. The molecule has 0 fully saturated rings. The summed E-state index contributed by atoms with van der Waals surface area (Å²) in [4.78, 5) is 17.0. The summed E-state index contributed by atoms with van der Waals surface area (Å²) < 4.78 is 7.45. The van der Waals surface area contributed by atoms with E-state index in [2.05, 4.69) is 21.5 Å². The Hall–Kier alpha value is -2.67. The Morgan fingerprint density at radius 3 is 3.00 bits per heavy atom. The molecular weight excluding hydrogens is 360 g/mol. The Labute approximate surface area is 162 Å². The second kappa shape index (κ2) is 7.15. The standard InChI is InChI=1S/C20H22N4O2S/c1-12-8-13(2)24(23-12)14(3)9-19(25)22-20-21-17(11-27-20)15-4-5-18-16(10-15)6-7-26-18/h4-5,8,10-11,14H,6-7,9H2,1-3H3,(H,21,22,25)/t14-/m0/s1. The summed E-state index contributed by atoms with van der Waals surface area (Å²) in [5, 5.41) is 9.96. The Morgan fingerprint density at radius 1 is 1.37 bits per heavy atom. The highest BCUT2D eigenvalue weighted by Crippen LogP contribution is 2.32. The van der Waals surface area contributed by atoms with E-state index in [9.17, 15) is 4.79 Å². The van der Waals surface area contributed by atoms with Gasteiger partial charge in [0, 0.05) is 29.5 Å². The smallest absolute Gasteiger partial charge is 0.228 e. The second-order valence-corrected chi connectivity index (χ2v) is 7.79. The third kappa shape index (κ3) is 3.73. The molecule has 27 heavy (non-hydrogen) atoms. The number of ether oxygens (including phenoxy) is 1. The van der Waals surface area contributed by atoms with Crippen LogP contribution in [0.1, 0.15) is 36.3 Å². The third-order valence-electron chi connectivity index (χ3n) is 4.68. The van der Waals surface area contributed by atoms with Crippen molar-refractivity contribution in [1.82, 2.24) is 14.8 Å². The van der Waals surface area contributed by atoms with E-state index < -0.39 is 0 Å². The molecule has 0 radical (unpaired) electrons. The Morgan fingerprint density at radius 2 is 2.22 bits per heavy atom. The van der Waals surface area contributed by atoms with Crippen LogP contribution in [0.5, 0.6) is 5.75 Å². The van der Waals surface area contributed by atoms with Gasteiger partial charge in [-0.05, 0) is 50.6 Å². The number of hydrogen-bond donors (Lipinski definition) is 1. The molecule has 1 aliphatic heterocycles. The largest absolute Gasteiger partial charge is 0.493 e. The maximum absolute atomic E-state index is 12.4. The highest BCUT2D eigenvalue weighted by atomic mass is 32.1. The molecule has 4 rings (SSSR count). The van der Waals surface area contributed by atoms with Gasteiger partial charge in [0.15, 0.2) is 5.13 Å². The van der Waals surface area contributed by atoms with Gasteiger partial charge in [0.05, 0.1) is 24.0 Å². The van der Waals surface area contributed by atoms with Crippen LogP contribution in [0.15, 0.2) is 29.6 Å². The number of aromatic nitrogens is 3. The Balaban J connectivity index is 1.41. The average molecular weight is 382 g/mol. The van der Waals surface area contributed by atoms with E-state index in [0.29, 0.717) is 11.6 Å². The predicted molar refractivity (Wildman–Crippen MR) is 106 cm³/mol. The number of carbonyl (C=O) groups is 1. The summed E-state index contributed by atoms with van der Waals surface area (Å²) in [5.41, 5.74) is 5.15. The number of nitrogens with zero attached hydrogens (tertiary/aromatic N) is 3. The number of rotatable bonds is 5. The van der Waals surface area contributed by atoms with Crippen LogP contribution >= 0.6 is 11.3 Å². The van der Waals surface area contributed by atoms with E-state index in [1.165, 1.54) is 16.9 Å². The first-order valence-corrected chi connectivity index (χ1v) is 9.92. The molecule has 3 heterocycles. The van der Waals surface area contributed by atoms with E-state index in [1.54, 1.807) is 0 Å². The van der Waals surface area contributed by atoms with Gasteiger partial charge in [0.2, 0.25) is 5.91 Å². The predicted octanol–water partition coefficient (Wildman–Crippen LogP) is 4.15. The van der Waals surface area contributed by atoms with E-state index in [-0.39, 0.29) is 11.9 Å². The van der Waals surface area contributed by atoms with Crippen LogP contribution in [-0.2, 0) is 11.2 Å². The van der Waals surface area contributed by atoms with Crippen LogP contribution < -0.4 is 10.1 Å². The Bertz CT molecular complexity index is 992. The molecule has 0 saturated heterocycles. The molecule has 0 saturated carbocycles. The molecule has 1 N–H and O–H groups in total. The molecule has 0 aliphatic carbocycles. The van der Waals surface area contributed by atoms with Crippen LogP contribution in [0, 0.1) is 13.8 Å². The molecule has 0 unspecified atom stereocenters. The van der Waals surface area contributed by atoms with Gasteiger partial charge in [-0.2, -0.15) is 5.10 Å². The minimum absolute atomic E-state index is 0.00477. The first-order chi connectivity index (χ1) is 13.0. The topological polar surface area (TPSA) is 69.0 Å². The monoisotopic (exact) mass is 382 g/mol. The zero-order chi connectivity index (χ0) is 19.0. The second-order valence-electron chi connectivity index (χ2n) is 6.93. The minimum atomic E-state index is -0.0571. The SMILES string of the molecule is Cc1cc(C)n([C@@H](C)CC(=O)Nc2nc(-c3ccc4c(c3)CCO4)cs2)n1. The zero-order valence-corrected chi connectivity index (χ0v) is 16.5. The number of hydrogen-bond acceptors (Lipinski definition) is 5. The van der Waals surface area contributed by atoms with Crippen molar-refractivity contribution in [3.05, 3.63) is 46.6 Å². The van der Waals surface area contributed by atoms with Gasteiger partial charge in [0.25, 0.3) is 0 Å². The van der Waals surface area contributed by atoms with E-state index in [0.717, 1.165) is 41.4 Å². The Kier molecular flexibility index (Phi) is 4.70. The lowest BCUT2D eigenvalue weighted by Gasteiger charge is -2.13. The van der Waals surface area contributed by atoms with Crippen molar-refractivity contribution < 1.29 is 9.53 Å². The summed E-state index contributed by atoms with van der Waals surface area (Å²) in [6, 6.07) is 8.13. The van der Waals surface area contributed by atoms with Crippen LogP contribution in [0.4, 0.5) is 5.13 Å². The fraction of sp³-hybridized carbons (Fsp3) is 0.350. The fourth-order valence-electron chi connectivity index (χ4n) is 3.43. The minimum Gasteiger partial charge on any atom is -0.493 e. The van der Waals surface area contributed by atoms with Crippen LogP contribution in [-0.4, -0.2) is 27.3 Å². The van der Waals surface area contributed by atoms with Crippen molar-refractivity contribution in [2.24, 2.45) is 0 Å². The van der Waals surface area contributed by atoms with Gasteiger partial charge in [0.1, 0.15) is 5.75 Å². The average Bonchev–Trinajstić information content (AvgIpc) is 3.33. The number of benzene rings is 1. The molecule has 0 spiro atoms. The first-order valence-electron chi connectivity index (χ1n) is 9.04. The van der Waals surface area contributed by atoms with Crippen molar-refractivity contribution in [3.8, 4) is 17.0 Å². The summed E-state index contributed by atoms with van der Waals surface area (Å²) in [7, 11) is 0. The maximum atomic E-state index is 12.4. The van der Waals surface area contributed by atoms with Gasteiger partial charge in [-0.3, -0.25) is 9.48 Å². The number of amides is 1. The van der Waals surface area contributed by atoms with Crippen LogP contribution in [0.2, 0.25) is 0 Å². The van der Waals surface area contributed by atoms with Crippen LogP contribution in [0.25, 0.3) is 11.3 Å². The number of aryl methyl sites for hydroxylation is 2. The highest BCUT2D eigenvalue weighted by molar-refractivity contribution is 7.14. The van der Waals surface area contributed by atoms with Gasteiger partial charge < -0.3 is 10.1 Å². The molecule has 0 bridgehead atoms. The summed E-state index contributed by atoms with van der Waals surface area (Å²) >= 11 is 1.44. The molecule has 140 valence electrons. The number of thiazole rings is 1. The first kappa shape index (κ1) is 17.7. The molecule has 1 amide bonds. The number of carbonyl (C=O) groups excluding carboxylic acids is 1. The molecule has 2 aromatic heterocycles. The zero-order valence-electron chi connectivity index (χ0n) is 15.7. The lowest BCUT2D eigenvalue weighted by Crippen LogP contribution is -2.19. The van der Waals surface area contributed by atoms with E-state index in [4.69, 9.17) is 4.74 Å². The molecule has 1 atom stereocenters. The summed E-state index contributed by atoms with van der Waals surface area (Å²) in [5.74, 6) is 0.902. The van der Waals surface area contributed by atoms with Crippen LogP contribution in [0.3, 0.4) is 0 Å². The number of nitrogens with one attached hydrogen (secondary N) is 1. The lowest BCUT2D eigenvalue weighted by atomic mass is 10.1. The fourth-order valence-corrected chi connectivity index (χ4v) is 4.16. The maximum Gasteiger partial charge on any atom is 0.228 e. The highest BCUT2D eigenvalue weighted by Gasteiger charge is 2.17. The normalized spacial score (nSPS) is 13.9. The molecule has 1 aliphatic rings. The van der Waals surface area contributed by atoms with Crippen molar-refractivity contribution in [3.63, 3.8) is 0 Å². The number of fused-ring (bicyclic) bond motifs is 1. The number of anilines is 1. The van der Waals surface area contributed by atoms with Gasteiger partial charge in [-0.25, -0.2) is 4.98 Å². The van der Waals surface area contributed by atoms with Crippen molar-refractivity contribution in [2.45, 2.75) is 39.7 Å². The molecule has 6 nitrogen and oxygen atoms in total. The molecule has 1 aromatic carbocycles. The molecular formula is C20H22N4O2S. The van der Waals surface area contributed by atoms with Crippen molar-refractivity contribution in [2.75, 3.05) is 11.9 Å².